The van der Waals surface area contributed by atoms with Gasteiger partial charge in [0.15, 0.2) is 0 Å². The molecule has 1 aliphatic carbocycles. The minimum Gasteiger partial charge on any atom is -0.256 e. The number of nitrogens with zero attached hydrogens (tertiary/aromatic N) is 1. The lowest BCUT2D eigenvalue weighted by molar-refractivity contribution is 0.546. The van der Waals surface area contributed by atoms with Gasteiger partial charge in [-0.2, -0.15) is 0 Å². The Morgan fingerprint density at radius 2 is 1.61 bits per heavy atom. The summed E-state index contributed by atoms with van der Waals surface area (Å²) in [6, 6.07) is 27.5. The largest absolute Gasteiger partial charge is 0.256 e. The molecule has 1 fully saturated rings. The van der Waals surface area contributed by atoms with Crippen molar-refractivity contribution in [3.05, 3.63) is 90.6 Å². The smallest absolute Gasteiger partial charge is 0.0704 e. The number of aromatic nitrogens is 1. The molecule has 2 aromatic heterocycles. The fraction of sp³-hybridized carbons (Fsp3) is 0.207. The Hall–Kier alpha value is -2.97. The van der Waals surface area contributed by atoms with Gasteiger partial charge in [0.1, 0.15) is 0 Å². The van der Waals surface area contributed by atoms with E-state index < -0.39 is 6.37 Å². The molecular formula is C29H25NS. The quantitative estimate of drug-likeness (QED) is 0.283. The van der Waals surface area contributed by atoms with Gasteiger partial charge in [-0.05, 0) is 59.3 Å². The number of rotatable bonds is 4. The molecule has 1 nitrogen and oxygen atoms in total. The van der Waals surface area contributed by atoms with Gasteiger partial charge in [0.05, 0.1) is 5.69 Å². The zero-order chi connectivity index (χ0) is 22.4. The summed E-state index contributed by atoms with van der Waals surface area (Å²) in [5.41, 5.74) is 5.10. The molecule has 1 saturated carbocycles. The summed E-state index contributed by atoms with van der Waals surface area (Å²) in [4.78, 5) is 4.61. The maximum Gasteiger partial charge on any atom is 0.0704 e. The van der Waals surface area contributed by atoms with Crippen LogP contribution >= 0.6 is 11.3 Å². The van der Waals surface area contributed by atoms with Gasteiger partial charge in [-0.15, -0.1) is 11.3 Å². The Bertz CT molecular complexity index is 1450. The molecule has 1 aliphatic rings. The van der Waals surface area contributed by atoms with Crippen molar-refractivity contribution in [1.82, 2.24) is 4.98 Å². The second-order valence-corrected chi connectivity index (χ2v) is 9.53. The monoisotopic (exact) mass is 421 g/mol. The van der Waals surface area contributed by atoms with E-state index in [9.17, 15) is 0 Å². The van der Waals surface area contributed by atoms with Crippen LogP contribution in [0.15, 0.2) is 85.1 Å². The second-order valence-electron chi connectivity index (χ2n) is 8.45. The number of hydrogen-bond acceptors (Lipinski definition) is 2. The van der Waals surface area contributed by atoms with E-state index in [0.29, 0.717) is 0 Å². The van der Waals surface area contributed by atoms with Crippen molar-refractivity contribution < 1.29 is 2.74 Å². The topological polar surface area (TPSA) is 12.9 Å². The number of thiophene rings is 1. The first kappa shape index (κ1) is 16.7. The van der Waals surface area contributed by atoms with Crippen LogP contribution in [0.2, 0.25) is 0 Å². The van der Waals surface area contributed by atoms with Crippen LogP contribution in [0.4, 0.5) is 0 Å². The minimum atomic E-state index is -1.30. The SMILES string of the molecule is [2H]C([2H])(c1ccnc(-c2ccc3sc4cc(-c5ccccc5)ccc4c3c2)c1)C1CCCC1. The number of benzene rings is 3. The predicted molar refractivity (Wildman–Crippen MR) is 134 cm³/mol. The average molecular weight is 422 g/mol. The van der Waals surface area contributed by atoms with E-state index in [2.05, 4.69) is 65.6 Å². The molecule has 3 aromatic carbocycles. The van der Waals surface area contributed by atoms with E-state index >= 15 is 0 Å². The second kappa shape index (κ2) is 7.94. The van der Waals surface area contributed by atoms with E-state index in [0.717, 1.165) is 42.5 Å². The highest BCUT2D eigenvalue weighted by Crippen LogP contribution is 2.38. The first-order valence-electron chi connectivity index (χ1n) is 12.1. The van der Waals surface area contributed by atoms with Crippen LogP contribution in [-0.4, -0.2) is 4.98 Å². The van der Waals surface area contributed by atoms with Crippen molar-refractivity contribution in [2.45, 2.75) is 32.1 Å². The Labute approximate surface area is 190 Å². The zero-order valence-electron chi connectivity index (χ0n) is 19.3. The Kier molecular flexibility index (Phi) is 4.27. The molecule has 31 heavy (non-hydrogen) atoms. The molecule has 0 bridgehead atoms. The van der Waals surface area contributed by atoms with Crippen molar-refractivity contribution in [3.63, 3.8) is 0 Å². The first-order chi connectivity index (χ1) is 16.1. The van der Waals surface area contributed by atoms with Gasteiger partial charge in [0.2, 0.25) is 0 Å². The molecular weight excluding hydrogens is 394 g/mol. The first-order valence-corrected chi connectivity index (χ1v) is 11.9. The molecule has 5 aromatic rings. The molecule has 0 aliphatic heterocycles. The zero-order valence-corrected chi connectivity index (χ0v) is 18.2. The highest BCUT2D eigenvalue weighted by atomic mass is 32.1. The molecule has 6 rings (SSSR count). The molecule has 2 heterocycles. The average Bonchev–Trinajstić information content (AvgIpc) is 3.53. The molecule has 0 radical (unpaired) electrons. The van der Waals surface area contributed by atoms with Gasteiger partial charge in [-0.3, -0.25) is 4.98 Å². The third kappa shape index (κ3) is 3.66. The lowest BCUT2D eigenvalue weighted by Crippen LogP contribution is -1.99. The summed E-state index contributed by atoms with van der Waals surface area (Å²) in [7, 11) is 0. The summed E-state index contributed by atoms with van der Waals surface area (Å²) in [6.07, 6.45) is 4.68. The van der Waals surface area contributed by atoms with Gasteiger partial charge in [0, 0.05) is 34.7 Å². The van der Waals surface area contributed by atoms with Crippen molar-refractivity contribution >= 4 is 31.5 Å². The Morgan fingerprint density at radius 1 is 0.774 bits per heavy atom. The van der Waals surface area contributed by atoms with E-state index in [1.165, 1.54) is 31.3 Å². The van der Waals surface area contributed by atoms with E-state index in [1.54, 1.807) is 6.20 Å². The molecule has 152 valence electrons. The molecule has 0 atom stereocenters. The van der Waals surface area contributed by atoms with Crippen molar-refractivity contribution in [1.29, 1.82) is 0 Å². The lowest BCUT2D eigenvalue weighted by atomic mass is 9.97. The molecule has 0 saturated heterocycles. The van der Waals surface area contributed by atoms with Crippen LogP contribution in [0.5, 0.6) is 0 Å². The molecule has 0 spiro atoms. The highest BCUT2D eigenvalue weighted by Gasteiger charge is 2.16. The van der Waals surface area contributed by atoms with Crippen molar-refractivity contribution in [3.8, 4) is 22.4 Å². The van der Waals surface area contributed by atoms with Crippen LogP contribution in [0.3, 0.4) is 0 Å². The van der Waals surface area contributed by atoms with Crippen LogP contribution in [0.25, 0.3) is 42.6 Å². The van der Waals surface area contributed by atoms with Crippen molar-refractivity contribution in [2.75, 3.05) is 0 Å². The maximum absolute atomic E-state index is 8.77. The summed E-state index contributed by atoms with van der Waals surface area (Å²) >= 11 is 1.82. The Morgan fingerprint density at radius 3 is 2.48 bits per heavy atom. The summed E-state index contributed by atoms with van der Waals surface area (Å²) in [6.45, 7) is 0. The number of fused-ring (bicyclic) bond motifs is 3. The van der Waals surface area contributed by atoms with E-state index in [-0.39, 0.29) is 5.92 Å². The third-order valence-corrected chi connectivity index (χ3v) is 7.49. The Balaban J connectivity index is 1.40. The summed E-state index contributed by atoms with van der Waals surface area (Å²) < 4.78 is 20.1. The van der Waals surface area contributed by atoms with Gasteiger partial charge in [-0.1, -0.05) is 74.2 Å². The van der Waals surface area contributed by atoms with Crippen molar-refractivity contribution in [2.24, 2.45) is 5.92 Å². The molecule has 2 heteroatoms. The summed E-state index contributed by atoms with van der Waals surface area (Å²) in [5.74, 6) is 0.106. The standard InChI is InChI=1S/C29H25NS/c1-2-8-22(9-3-1)23-10-12-25-26-18-24(11-13-28(26)31-29(25)19-23)27-17-21(14-15-30-27)16-20-6-4-5-7-20/h1-3,8-15,17-20H,4-7,16H2/i16D2. The minimum absolute atomic E-state index is 0.106. The van der Waals surface area contributed by atoms with Gasteiger partial charge < -0.3 is 0 Å². The number of hydrogen-bond donors (Lipinski definition) is 0. The molecule has 0 amide bonds. The van der Waals surface area contributed by atoms with Crippen LogP contribution in [-0.2, 0) is 6.37 Å². The van der Waals surface area contributed by atoms with Gasteiger partial charge >= 0.3 is 0 Å². The predicted octanol–water partition coefficient (Wildman–Crippen LogP) is 8.52. The fourth-order valence-electron chi connectivity index (χ4n) is 4.73. The van der Waals surface area contributed by atoms with E-state index in [4.69, 9.17) is 2.74 Å². The maximum atomic E-state index is 8.77. The van der Waals surface area contributed by atoms with E-state index in [1.807, 2.05) is 29.5 Å². The van der Waals surface area contributed by atoms with Gasteiger partial charge in [-0.25, -0.2) is 0 Å². The molecule has 0 unspecified atom stereocenters. The number of pyridine rings is 1. The van der Waals surface area contributed by atoms with Crippen LogP contribution < -0.4 is 0 Å². The normalized spacial score (nSPS) is 16.0. The third-order valence-electron chi connectivity index (χ3n) is 6.36. The highest BCUT2D eigenvalue weighted by molar-refractivity contribution is 7.25. The molecule has 0 N–H and O–H groups in total. The fourth-order valence-corrected chi connectivity index (χ4v) is 5.86. The summed E-state index contributed by atoms with van der Waals surface area (Å²) in [5, 5.41) is 2.49. The lowest BCUT2D eigenvalue weighted by Gasteiger charge is -2.10. The van der Waals surface area contributed by atoms with Gasteiger partial charge in [0.25, 0.3) is 0 Å². The van der Waals surface area contributed by atoms with Crippen LogP contribution in [0.1, 0.15) is 34.0 Å². The van der Waals surface area contributed by atoms with Crippen LogP contribution in [0, 0.1) is 5.92 Å².